The van der Waals surface area contributed by atoms with Crippen LogP contribution in [0.25, 0.3) is 10.9 Å². The van der Waals surface area contributed by atoms with Gasteiger partial charge in [-0.25, -0.2) is 12.8 Å². The number of sulfone groups is 1. The SMILES string of the molecule is CCCn1cc(S(=O)(=O)c2ccc(Cl)cc2)c(=O)c2cc(F)c(N3CCC[C@@H](C)C3)cc21. The van der Waals surface area contributed by atoms with E-state index < -0.39 is 21.1 Å². The number of piperidine rings is 1. The summed E-state index contributed by atoms with van der Waals surface area (Å²) in [6.45, 7) is 6.12. The minimum absolute atomic E-state index is 0.0270. The fraction of sp³-hybridized carbons (Fsp3) is 0.375. The first kappa shape index (κ1) is 22.8. The Kier molecular flexibility index (Phi) is 6.32. The third kappa shape index (κ3) is 4.16. The van der Waals surface area contributed by atoms with Gasteiger partial charge in [-0.15, -0.1) is 0 Å². The maximum Gasteiger partial charge on any atom is 0.211 e. The average Bonchev–Trinajstić information content (AvgIpc) is 2.75. The molecule has 1 atom stereocenters. The van der Waals surface area contributed by atoms with Crippen LogP contribution in [-0.2, 0) is 16.4 Å². The molecule has 0 saturated carbocycles. The van der Waals surface area contributed by atoms with Gasteiger partial charge in [0.05, 0.1) is 21.5 Å². The molecule has 1 fully saturated rings. The first-order valence-corrected chi connectivity index (χ1v) is 12.7. The number of aryl methyl sites for hydroxylation is 1. The molecule has 170 valence electrons. The van der Waals surface area contributed by atoms with Gasteiger partial charge in [0.2, 0.25) is 15.3 Å². The van der Waals surface area contributed by atoms with Crippen molar-refractivity contribution >= 4 is 38.0 Å². The molecule has 0 amide bonds. The van der Waals surface area contributed by atoms with E-state index in [2.05, 4.69) is 6.92 Å². The van der Waals surface area contributed by atoms with Gasteiger partial charge in [-0.3, -0.25) is 4.79 Å². The number of nitrogens with zero attached hydrogens (tertiary/aromatic N) is 2. The van der Waals surface area contributed by atoms with Crippen LogP contribution in [0.15, 0.2) is 57.2 Å². The van der Waals surface area contributed by atoms with Gasteiger partial charge in [0, 0.05) is 30.9 Å². The van der Waals surface area contributed by atoms with Crippen LogP contribution in [0.3, 0.4) is 0 Å². The van der Waals surface area contributed by atoms with Gasteiger partial charge in [0.1, 0.15) is 10.7 Å². The molecule has 0 aliphatic carbocycles. The molecule has 8 heteroatoms. The number of fused-ring (bicyclic) bond motifs is 1. The van der Waals surface area contributed by atoms with E-state index in [0.29, 0.717) is 28.7 Å². The molecule has 2 aromatic carbocycles. The third-order valence-electron chi connectivity index (χ3n) is 5.99. The molecule has 1 aromatic heterocycles. The maximum absolute atomic E-state index is 15.2. The molecule has 0 radical (unpaired) electrons. The molecule has 3 aromatic rings. The van der Waals surface area contributed by atoms with Gasteiger partial charge in [-0.1, -0.05) is 25.4 Å². The average molecular weight is 477 g/mol. The zero-order valence-electron chi connectivity index (χ0n) is 18.1. The van der Waals surface area contributed by atoms with Crippen molar-refractivity contribution in [3.63, 3.8) is 0 Å². The second kappa shape index (κ2) is 8.87. The lowest BCUT2D eigenvalue weighted by molar-refractivity contribution is 0.442. The molecule has 0 spiro atoms. The summed E-state index contributed by atoms with van der Waals surface area (Å²) < 4.78 is 43.4. The summed E-state index contributed by atoms with van der Waals surface area (Å²) in [6, 6.07) is 8.55. The van der Waals surface area contributed by atoms with Crippen LogP contribution in [0.2, 0.25) is 5.02 Å². The largest absolute Gasteiger partial charge is 0.369 e. The topological polar surface area (TPSA) is 59.4 Å². The molecular weight excluding hydrogens is 451 g/mol. The minimum Gasteiger partial charge on any atom is -0.369 e. The van der Waals surface area contributed by atoms with Gasteiger partial charge in [-0.2, -0.15) is 0 Å². The van der Waals surface area contributed by atoms with Gasteiger partial charge < -0.3 is 9.47 Å². The Morgan fingerprint density at radius 3 is 2.56 bits per heavy atom. The number of pyridine rings is 1. The number of hydrogen-bond acceptors (Lipinski definition) is 4. The Bertz CT molecular complexity index is 1320. The van der Waals surface area contributed by atoms with E-state index >= 15 is 4.39 Å². The second-order valence-electron chi connectivity index (χ2n) is 8.49. The first-order chi connectivity index (χ1) is 15.2. The van der Waals surface area contributed by atoms with E-state index in [1.165, 1.54) is 36.5 Å². The molecule has 2 heterocycles. The van der Waals surface area contributed by atoms with Crippen molar-refractivity contribution in [1.29, 1.82) is 0 Å². The summed E-state index contributed by atoms with van der Waals surface area (Å²) in [6.07, 6.45) is 4.21. The van der Waals surface area contributed by atoms with Crippen LogP contribution in [0.4, 0.5) is 10.1 Å². The van der Waals surface area contributed by atoms with Crippen LogP contribution in [-0.4, -0.2) is 26.1 Å². The van der Waals surface area contributed by atoms with Gasteiger partial charge in [-0.05, 0) is 61.6 Å². The fourth-order valence-corrected chi connectivity index (χ4v) is 5.88. The molecule has 4 rings (SSSR count). The van der Waals surface area contributed by atoms with E-state index in [1.54, 1.807) is 10.6 Å². The highest BCUT2D eigenvalue weighted by molar-refractivity contribution is 7.91. The summed E-state index contributed by atoms with van der Waals surface area (Å²) in [4.78, 5) is 14.9. The summed E-state index contributed by atoms with van der Waals surface area (Å²) >= 11 is 5.88. The lowest BCUT2D eigenvalue weighted by Crippen LogP contribution is -2.35. The molecule has 0 N–H and O–H groups in total. The summed E-state index contributed by atoms with van der Waals surface area (Å²) in [5, 5.41) is 0.465. The number of anilines is 1. The normalized spacial score (nSPS) is 17.1. The first-order valence-electron chi connectivity index (χ1n) is 10.8. The van der Waals surface area contributed by atoms with E-state index in [-0.39, 0.29) is 15.2 Å². The molecule has 5 nitrogen and oxygen atoms in total. The van der Waals surface area contributed by atoms with Crippen molar-refractivity contribution in [2.24, 2.45) is 5.92 Å². The van der Waals surface area contributed by atoms with E-state index in [9.17, 15) is 13.2 Å². The Morgan fingerprint density at radius 2 is 1.91 bits per heavy atom. The minimum atomic E-state index is -4.09. The van der Waals surface area contributed by atoms with Crippen molar-refractivity contribution in [3.05, 3.63) is 63.7 Å². The summed E-state index contributed by atoms with van der Waals surface area (Å²) in [7, 11) is -4.09. The van der Waals surface area contributed by atoms with Gasteiger partial charge in [0.25, 0.3) is 0 Å². The summed E-state index contributed by atoms with van der Waals surface area (Å²) in [5.41, 5.74) is 0.308. The van der Waals surface area contributed by atoms with Crippen LogP contribution < -0.4 is 10.3 Å². The molecule has 1 aliphatic rings. The Hall–Kier alpha value is -2.38. The van der Waals surface area contributed by atoms with Crippen molar-refractivity contribution < 1.29 is 12.8 Å². The molecule has 32 heavy (non-hydrogen) atoms. The number of aromatic nitrogens is 1. The molecule has 0 unspecified atom stereocenters. The van der Waals surface area contributed by atoms with E-state index in [1.807, 2.05) is 11.8 Å². The van der Waals surface area contributed by atoms with Gasteiger partial charge in [0.15, 0.2) is 0 Å². The predicted molar refractivity (Wildman–Crippen MR) is 126 cm³/mol. The zero-order chi connectivity index (χ0) is 23.0. The van der Waals surface area contributed by atoms with Crippen LogP contribution in [0.5, 0.6) is 0 Å². The predicted octanol–water partition coefficient (Wildman–Crippen LogP) is 5.27. The van der Waals surface area contributed by atoms with Crippen LogP contribution in [0, 0.1) is 11.7 Å². The maximum atomic E-state index is 15.2. The third-order valence-corrected chi connectivity index (χ3v) is 8.01. The lowest BCUT2D eigenvalue weighted by atomic mass is 9.99. The zero-order valence-corrected chi connectivity index (χ0v) is 19.7. The lowest BCUT2D eigenvalue weighted by Gasteiger charge is -2.33. The van der Waals surface area contributed by atoms with Crippen molar-refractivity contribution in [2.45, 2.75) is 49.4 Å². The molecule has 1 saturated heterocycles. The Morgan fingerprint density at radius 1 is 1.19 bits per heavy atom. The molecule has 0 bridgehead atoms. The van der Waals surface area contributed by atoms with E-state index in [4.69, 9.17) is 11.6 Å². The van der Waals surface area contributed by atoms with Crippen LogP contribution >= 0.6 is 11.6 Å². The van der Waals surface area contributed by atoms with E-state index in [0.717, 1.165) is 32.4 Å². The highest BCUT2D eigenvalue weighted by atomic mass is 35.5. The highest BCUT2D eigenvalue weighted by Crippen LogP contribution is 2.30. The number of hydrogen-bond donors (Lipinski definition) is 0. The van der Waals surface area contributed by atoms with Crippen molar-refractivity contribution in [1.82, 2.24) is 4.57 Å². The van der Waals surface area contributed by atoms with Crippen molar-refractivity contribution in [2.75, 3.05) is 18.0 Å². The number of rotatable bonds is 5. The quantitative estimate of drug-likeness (QED) is 0.503. The Labute approximate surface area is 192 Å². The highest BCUT2D eigenvalue weighted by Gasteiger charge is 2.26. The Balaban J connectivity index is 1.92. The summed E-state index contributed by atoms with van der Waals surface area (Å²) in [5.74, 6) is -0.0450. The fourth-order valence-electron chi connectivity index (χ4n) is 4.38. The number of benzene rings is 2. The number of halogens is 2. The molecule has 1 aliphatic heterocycles. The van der Waals surface area contributed by atoms with Crippen LogP contribution in [0.1, 0.15) is 33.1 Å². The standard InChI is InChI=1S/C24H26ClFN2O3S/c1-3-10-27-15-23(32(30,31)18-8-6-17(25)7-9-18)24(29)19-12-20(26)22(13-21(19)27)28-11-4-5-16(2)14-28/h6-9,12-13,15-16H,3-5,10-11,14H2,1-2H3/t16-/m1/s1. The monoisotopic (exact) mass is 476 g/mol. The second-order valence-corrected chi connectivity index (χ2v) is 10.8. The van der Waals surface area contributed by atoms with Crippen molar-refractivity contribution in [3.8, 4) is 0 Å². The van der Waals surface area contributed by atoms with Gasteiger partial charge >= 0.3 is 0 Å². The smallest absolute Gasteiger partial charge is 0.211 e. The molecular formula is C24H26ClFN2O3S.